The Morgan fingerprint density at radius 3 is 2.35 bits per heavy atom. The van der Waals surface area contributed by atoms with E-state index in [0.717, 1.165) is 52.6 Å². The van der Waals surface area contributed by atoms with E-state index in [2.05, 4.69) is 26.9 Å². The first kappa shape index (κ1) is 40.4. The van der Waals surface area contributed by atoms with E-state index in [1.165, 1.54) is 19.3 Å². The third kappa shape index (κ3) is 10.9. The molecule has 2 heterocycles. The molecule has 3 aromatic rings. The summed E-state index contributed by atoms with van der Waals surface area (Å²) in [6.45, 7) is 8.79. The minimum atomic E-state index is -0.650. The first-order valence-corrected chi connectivity index (χ1v) is 19.9. The highest BCUT2D eigenvalue weighted by Crippen LogP contribution is 2.42. The van der Waals surface area contributed by atoms with Gasteiger partial charge in [-0.15, -0.1) is 0 Å². The molecule has 296 valence electrons. The molecule has 11 nitrogen and oxygen atoms in total. The van der Waals surface area contributed by atoms with Crippen LogP contribution in [-0.2, 0) is 37.0 Å². The Bertz CT molecular complexity index is 1760. The van der Waals surface area contributed by atoms with Gasteiger partial charge in [-0.1, -0.05) is 73.5 Å². The predicted octanol–water partition coefficient (Wildman–Crippen LogP) is 6.69. The van der Waals surface area contributed by atoms with Crippen LogP contribution in [0.1, 0.15) is 107 Å². The van der Waals surface area contributed by atoms with Crippen molar-refractivity contribution in [3.8, 4) is 11.1 Å². The summed E-state index contributed by atoms with van der Waals surface area (Å²) in [7, 11) is 0. The topological polar surface area (TPSA) is 138 Å². The van der Waals surface area contributed by atoms with Crippen molar-refractivity contribution in [3.05, 3.63) is 95.1 Å². The van der Waals surface area contributed by atoms with E-state index in [9.17, 15) is 19.5 Å². The maximum atomic E-state index is 13.8. The molecule has 3 fully saturated rings. The Hall–Kier alpha value is -4.29. The van der Waals surface area contributed by atoms with Crippen LogP contribution in [0.15, 0.2) is 72.8 Å². The number of amides is 3. The van der Waals surface area contributed by atoms with Crippen LogP contribution in [-0.4, -0.2) is 71.3 Å². The third-order valence-corrected chi connectivity index (χ3v) is 10.9. The Labute approximate surface area is 325 Å². The molecule has 0 aromatic heterocycles. The van der Waals surface area contributed by atoms with E-state index in [-0.39, 0.29) is 56.0 Å². The van der Waals surface area contributed by atoms with Crippen molar-refractivity contribution < 1.29 is 33.7 Å². The second-order valence-corrected chi connectivity index (χ2v) is 16.2. The van der Waals surface area contributed by atoms with Crippen molar-refractivity contribution >= 4 is 17.9 Å². The number of rotatable bonds is 12. The second kappa shape index (κ2) is 18.6. The zero-order chi connectivity index (χ0) is 39.0. The smallest absolute Gasteiger partial charge is 0.325 e. The molecular formula is C44H58N4O7. The van der Waals surface area contributed by atoms with E-state index in [1.807, 2.05) is 87.5 Å². The molecule has 6 atom stereocenters. The fraction of sp³-hybridized carbons (Fsp3) is 0.523. The normalized spacial score (nSPS) is 24.3. The summed E-state index contributed by atoms with van der Waals surface area (Å²) in [6, 6.07) is 23.7. The number of likely N-dealkylation sites (tertiary alicyclic amines) is 1. The standard InChI is InChI=1S/C44H58N4O7/c1-5-53-40(50)26-46-43(52)45-25-30-10-8-12-33(22-30)34-13-9-14-35(23-34)42-54-36(24-39(55-42)32-18-16-29(28-49)17-19-32)27-48-37-15-7-6-11-31(37)20-21-38(48)41(51)47-44(2,3)4/h8-10,12-14,16-19,22-23,31,36-39,42,49H,5-7,11,15,20-21,24-28H2,1-4H3,(H,47,51)(H2,45,46,52). The lowest BCUT2D eigenvalue weighted by Crippen LogP contribution is -2.61. The van der Waals surface area contributed by atoms with Crippen LogP contribution in [0.4, 0.5) is 4.79 Å². The maximum absolute atomic E-state index is 13.8. The van der Waals surface area contributed by atoms with Gasteiger partial charge in [0.15, 0.2) is 6.29 Å². The molecule has 0 bridgehead atoms. The molecule has 0 spiro atoms. The zero-order valence-corrected chi connectivity index (χ0v) is 32.7. The molecule has 55 heavy (non-hydrogen) atoms. The SMILES string of the molecule is CCOC(=O)CNC(=O)NCc1cccc(-c2cccc(C3OC(CN4C(C(=O)NC(C)(C)C)CCC5CCCCC54)CC(c4ccc(CO)cc4)O3)c2)c1. The van der Waals surface area contributed by atoms with Crippen LogP contribution in [0, 0.1) is 5.92 Å². The quantitative estimate of drug-likeness (QED) is 0.150. The van der Waals surface area contributed by atoms with Crippen LogP contribution in [0.25, 0.3) is 11.1 Å². The van der Waals surface area contributed by atoms with Gasteiger partial charge in [0.25, 0.3) is 0 Å². The van der Waals surface area contributed by atoms with Gasteiger partial charge in [0.05, 0.1) is 31.5 Å². The first-order chi connectivity index (χ1) is 26.5. The fourth-order valence-electron chi connectivity index (χ4n) is 8.33. The minimum Gasteiger partial charge on any atom is -0.465 e. The summed E-state index contributed by atoms with van der Waals surface area (Å²) >= 11 is 0. The van der Waals surface area contributed by atoms with E-state index >= 15 is 0 Å². The van der Waals surface area contributed by atoms with Crippen LogP contribution in [0.3, 0.4) is 0 Å². The van der Waals surface area contributed by atoms with Crippen LogP contribution < -0.4 is 16.0 Å². The lowest BCUT2D eigenvalue weighted by atomic mass is 9.75. The number of ether oxygens (including phenoxy) is 3. The van der Waals surface area contributed by atoms with Gasteiger partial charge >= 0.3 is 12.0 Å². The van der Waals surface area contributed by atoms with Crippen molar-refractivity contribution in [2.75, 3.05) is 19.7 Å². The molecule has 3 aliphatic rings. The number of nitrogens with zero attached hydrogens (tertiary/aromatic N) is 1. The summed E-state index contributed by atoms with van der Waals surface area (Å²) in [5.74, 6) is 0.199. The molecule has 2 aliphatic heterocycles. The van der Waals surface area contributed by atoms with E-state index in [4.69, 9.17) is 14.2 Å². The maximum Gasteiger partial charge on any atom is 0.325 e. The molecule has 11 heteroatoms. The monoisotopic (exact) mass is 754 g/mol. The zero-order valence-electron chi connectivity index (χ0n) is 32.7. The molecule has 3 aromatic carbocycles. The van der Waals surface area contributed by atoms with Crippen molar-refractivity contribution in [1.29, 1.82) is 0 Å². The number of benzene rings is 3. The minimum absolute atomic E-state index is 0.0254. The average Bonchev–Trinajstić information content (AvgIpc) is 3.19. The molecule has 0 radical (unpaired) electrons. The highest BCUT2D eigenvalue weighted by atomic mass is 16.7. The number of fused-ring (bicyclic) bond motifs is 1. The molecule has 1 saturated carbocycles. The number of hydrogen-bond acceptors (Lipinski definition) is 8. The number of piperidine rings is 1. The number of aliphatic hydroxyl groups is 1. The van der Waals surface area contributed by atoms with Crippen molar-refractivity contribution in [2.45, 2.75) is 122 Å². The van der Waals surface area contributed by atoms with Gasteiger partial charge in [-0.2, -0.15) is 0 Å². The number of hydrogen-bond donors (Lipinski definition) is 4. The number of aliphatic hydroxyl groups excluding tert-OH is 1. The van der Waals surface area contributed by atoms with Gasteiger partial charge in [-0.05, 0) is 99.2 Å². The molecule has 6 unspecified atom stereocenters. The molecule has 4 N–H and O–H groups in total. The number of carbonyl (C=O) groups is 3. The lowest BCUT2D eigenvalue weighted by molar-refractivity contribution is -0.255. The van der Waals surface area contributed by atoms with Crippen molar-refractivity contribution in [3.63, 3.8) is 0 Å². The Morgan fingerprint density at radius 2 is 1.60 bits per heavy atom. The molecule has 1 aliphatic carbocycles. The van der Waals surface area contributed by atoms with Crippen LogP contribution >= 0.6 is 0 Å². The lowest BCUT2D eigenvalue weighted by Gasteiger charge is -2.50. The van der Waals surface area contributed by atoms with E-state index in [1.54, 1.807) is 6.92 Å². The van der Waals surface area contributed by atoms with Gasteiger partial charge in [0.1, 0.15) is 6.54 Å². The summed E-state index contributed by atoms with van der Waals surface area (Å²) in [4.78, 5) is 40.2. The van der Waals surface area contributed by atoms with Gasteiger partial charge < -0.3 is 35.3 Å². The van der Waals surface area contributed by atoms with Gasteiger partial charge in [0, 0.05) is 36.7 Å². The number of nitrogens with one attached hydrogen (secondary N) is 3. The predicted molar refractivity (Wildman–Crippen MR) is 211 cm³/mol. The Balaban J connectivity index is 1.22. The fourth-order valence-corrected chi connectivity index (χ4v) is 8.33. The molecule has 6 rings (SSSR count). The number of esters is 1. The van der Waals surface area contributed by atoms with E-state index < -0.39 is 18.3 Å². The summed E-state index contributed by atoms with van der Waals surface area (Å²) in [5.41, 5.74) is 5.28. The number of urea groups is 1. The van der Waals surface area contributed by atoms with Gasteiger partial charge in [-0.3, -0.25) is 14.5 Å². The average molecular weight is 755 g/mol. The van der Waals surface area contributed by atoms with Gasteiger partial charge in [0.2, 0.25) is 5.91 Å². The summed E-state index contributed by atoms with van der Waals surface area (Å²) < 4.78 is 18.5. The summed E-state index contributed by atoms with van der Waals surface area (Å²) in [5, 5.41) is 18.3. The van der Waals surface area contributed by atoms with Crippen molar-refractivity contribution in [1.82, 2.24) is 20.9 Å². The molecular weight excluding hydrogens is 697 g/mol. The highest BCUT2D eigenvalue weighted by Gasteiger charge is 2.44. The summed E-state index contributed by atoms with van der Waals surface area (Å²) in [6.07, 6.45) is 6.19. The van der Waals surface area contributed by atoms with E-state index in [0.29, 0.717) is 24.9 Å². The number of carbonyl (C=O) groups excluding carboxylic acids is 3. The largest absolute Gasteiger partial charge is 0.465 e. The van der Waals surface area contributed by atoms with Crippen molar-refractivity contribution in [2.24, 2.45) is 5.92 Å². The Kier molecular flexibility index (Phi) is 13.6. The van der Waals surface area contributed by atoms with Crippen LogP contribution in [0.2, 0.25) is 0 Å². The Morgan fingerprint density at radius 1 is 0.855 bits per heavy atom. The van der Waals surface area contributed by atoms with Gasteiger partial charge in [-0.25, -0.2) is 4.79 Å². The third-order valence-electron chi connectivity index (χ3n) is 10.9. The first-order valence-electron chi connectivity index (χ1n) is 19.9. The van der Waals surface area contributed by atoms with Crippen LogP contribution in [0.5, 0.6) is 0 Å². The molecule has 3 amide bonds. The highest BCUT2D eigenvalue weighted by molar-refractivity contribution is 5.82. The molecule has 2 saturated heterocycles. The second-order valence-electron chi connectivity index (χ2n) is 16.2.